The lowest BCUT2D eigenvalue weighted by molar-refractivity contribution is -0.253. The van der Waals surface area contributed by atoms with Crippen molar-refractivity contribution in [1.29, 1.82) is 0 Å². The third kappa shape index (κ3) is 6.64. The number of aliphatic hydroxyl groups is 1. The number of nitrogens with two attached hydrogens (primary N) is 1. The summed E-state index contributed by atoms with van der Waals surface area (Å²) in [5.41, 5.74) is 13.5. The van der Waals surface area contributed by atoms with Crippen LogP contribution in [0.5, 0.6) is 0 Å². The molecular formula is C34H38N2O3. The van der Waals surface area contributed by atoms with E-state index >= 15 is 0 Å². The van der Waals surface area contributed by atoms with Crippen molar-refractivity contribution in [1.82, 2.24) is 4.90 Å². The zero-order valence-electron chi connectivity index (χ0n) is 22.7. The first-order chi connectivity index (χ1) is 19.0. The molecule has 1 aliphatic heterocycles. The van der Waals surface area contributed by atoms with Crippen molar-refractivity contribution in [3.63, 3.8) is 0 Å². The van der Waals surface area contributed by atoms with Crippen molar-refractivity contribution in [2.75, 3.05) is 13.6 Å². The number of benzene rings is 4. The van der Waals surface area contributed by atoms with E-state index < -0.39 is 6.29 Å². The van der Waals surface area contributed by atoms with Gasteiger partial charge in [-0.05, 0) is 53.4 Å². The smallest absolute Gasteiger partial charge is 0.184 e. The van der Waals surface area contributed by atoms with Gasteiger partial charge in [-0.1, -0.05) is 97.1 Å². The summed E-state index contributed by atoms with van der Waals surface area (Å²) >= 11 is 0. The number of hydrogen-bond donors (Lipinski definition) is 2. The van der Waals surface area contributed by atoms with Crippen LogP contribution >= 0.6 is 0 Å². The van der Waals surface area contributed by atoms with Crippen LogP contribution in [0.4, 0.5) is 0 Å². The van der Waals surface area contributed by atoms with E-state index in [4.69, 9.17) is 15.2 Å². The number of likely N-dealkylation sites (N-methyl/N-ethyl adjacent to an activating group) is 1. The molecule has 5 rings (SSSR count). The highest BCUT2D eigenvalue weighted by atomic mass is 16.7. The van der Waals surface area contributed by atoms with Gasteiger partial charge < -0.3 is 20.3 Å². The van der Waals surface area contributed by atoms with Crippen LogP contribution in [0.3, 0.4) is 0 Å². The molecule has 1 saturated heterocycles. The van der Waals surface area contributed by atoms with Crippen molar-refractivity contribution in [2.45, 2.75) is 51.0 Å². The lowest BCUT2D eigenvalue weighted by Gasteiger charge is -2.39. The molecule has 5 heteroatoms. The van der Waals surface area contributed by atoms with E-state index in [-0.39, 0.29) is 24.9 Å². The van der Waals surface area contributed by atoms with Gasteiger partial charge in [0.15, 0.2) is 6.29 Å². The van der Waals surface area contributed by atoms with Gasteiger partial charge in [0.2, 0.25) is 0 Å². The highest BCUT2D eigenvalue weighted by molar-refractivity contribution is 5.64. The molecule has 1 aliphatic rings. The summed E-state index contributed by atoms with van der Waals surface area (Å²) in [7, 11) is 2.15. The quantitative estimate of drug-likeness (QED) is 0.261. The Labute approximate surface area is 231 Å². The van der Waals surface area contributed by atoms with E-state index in [1.54, 1.807) is 0 Å². The first-order valence-electron chi connectivity index (χ1n) is 13.7. The Morgan fingerprint density at radius 3 is 2.23 bits per heavy atom. The maximum absolute atomic E-state index is 9.49. The second-order valence-corrected chi connectivity index (χ2v) is 10.4. The molecule has 0 spiro atoms. The van der Waals surface area contributed by atoms with Gasteiger partial charge in [-0.2, -0.15) is 0 Å². The molecule has 39 heavy (non-hydrogen) atoms. The Morgan fingerprint density at radius 2 is 1.54 bits per heavy atom. The monoisotopic (exact) mass is 522 g/mol. The standard InChI is InChI=1S/C34H38N2O3/c1-24(27-8-4-3-5-9-27)36(2)22-32-20-33(29-13-11-25(23-37)12-14-29)39-34(38-32)30-17-15-28(16-18-30)31-10-6-7-26(19-31)21-35/h3-19,24,32-34,37H,20-23,35H2,1-2H3/t24-,32-,33+,34+/m0/s1. The maximum atomic E-state index is 9.49. The van der Waals surface area contributed by atoms with Gasteiger partial charge in [0, 0.05) is 31.1 Å². The third-order valence-corrected chi connectivity index (χ3v) is 7.73. The first-order valence-corrected chi connectivity index (χ1v) is 13.7. The molecule has 0 aliphatic carbocycles. The molecule has 0 bridgehead atoms. The summed E-state index contributed by atoms with van der Waals surface area (Å²) < 4.78 is 13.1. The van der Waals surface area contributed by atoms with E-state index in [9.17, 15) is 5.11 Å². The van der Waals surface area contributed by atoms with Gasteiger partial charge in [-0.3, -0.25) is 4.90 Å². The molecule has 3 N–H and O–H groups in total. The van der Waals surface area contributed by atoms with Crippen molar-refractivity contribution in [3.05, 3.63) is 131 Å². The Kier molecular flexibility index (Phi) is 8.87. The zero-order valence-corrected chi connectivity index (χ0v) is 22.7. The fraction of sp³-hybridized carbons (Fsp3) is 0.294. The van der Waals surface area contributed by atoms with E-state index in [1.165, 1.54) is 5.56 Å². The van der Waals surface area contributed by atoms with E-state index in [0.717, 1.165) is 46.3 Å². The van der Waals surface area contributed by atoms with Crippen molar-refractivity contribution >= 4 is 0 Å². The minimum Gasteiger partial charge on any atom is -0.392 e. The molecule has 0 aromatic heterocycles. The Bertz CT molecular complexity index is 1320. The number of hydrogen-bond acceptors (Lipinski definition) is 5. The maximum Gasteiger partial charge on any atom is 0.184 e. The summed E-state index contributed by atoms with van der Waals surface area (Å²) in [5, 5.41) is 9.49. The number of nitrogens with zero attached hydrogens (tertiary/aromatic N) is 1. The third-order valence-electron chi connectivity index (χ3n) is 7.73. The number of ether oxygens (including phenoxy) is 2. The van der Waals surface area contributed by atoms with Crippen molar-refractivity contribution in [2.24, 2.45) is 5.73 Å². The molecule has 0 saturated carbocycles. The fourth-order valence-electron chi connectivity index (χ4n) is 5.21. The summed E-state index contributed by atoms with van der Waals surface area (Å²) in [4.78, 5) is 2.35. The van der Waals surface area contributed by atoms with E-state index in [2.05, 4.69) is 97.7 Å². The normalized spacial score (nSPS) is 20.2. The van der Waals surface area contributed by atoms with Crippen molar-refractivity contribution < 1.29 is 14.6 Å². The minimum absolute atomic E-state index is 0.0108. The molecule has 4 aromatic rings. The molecule has 0 unspecified atom stereocenters. The molecule has 202 valence electrons. The van der Waals surface area contributed by atoms with Crippen LogP contribution < -0.4 is 5.73 Å². The predicted octanol–water partition coefficient (Wildman–Crippen LogP) is 6.54. The van der Waals surface area contributed by atoms with Crippen LogP contribution in [-0.4, -0.2) is 29.7 Å². The summed E-state index contributed by atoms with van der Waals surface area (Å²) in [6.07, 6.45) is 0.160. The topological polar surface area (TPSA) is 68.0 Å². The predicted molar refractivity (Wildman–Crippen MR) is 156 cm³/mol. The molecule has 4 aromatic carbocycles. The van der Waals surface area contributed by atoms with Crippen molar-refractivity contribution in [3.8, 4) is 11.1 Å². The summed E-state index contributed by atoms with van der Waals surface area (Å²) in [5.74, 6) is 0. The average molecular weight is 523 g/mol. The largest absolute Gasteiger partial charge is 0.392 e. The van der Waals surface area contributed by atoms with Gasteiger partial charge >= 0.3 is 0 Å². The van der Waals surface area contributed by atoms with Crippen LogP contribution in [0.15, 0.2) is 103 Å². The summed E-state index contributed by atoms with van der Waals surface area (Å²) in [6.45, 7) is 3.57. The van der Waals surface area contributed by atoms with Gasteiger partial charge in [0.1, 0.15) is 0 Å². The summed E-state index contributed by atoms with van der Waals surface area (Å²) in [6, 6.07) is 35.6. The zero-order chi connectivity index (χ0) is 27.2. The van der Waals surface area contributed by atoms with Gasteiger partial charge in [0.25, 0.3) is 0 Å². The molecule has 5 nitrogen and oxygen atoms in total. The number of aliphatic hydroxyl groups excluding tert-OH is 1. The molecule has 4 atom stereocenters. The molecule has 1 heterocycles. The van der Waals surface area contributed by atoms with Gasteiger partial charge in [-0.15, -0.1) is 0 Å². The number of rotatable bonds is 9. The molecular weight excluding hydrogens is 484 g/mol. The minimum atomic E-state index is -0.476. The first kappa shape index (κ1) is 27.3. The highest BCUT2D eigenvalue weighted by Gasteiger charge is 2.33. The SMILES string of the molecule is C[C@@H](c1ccccc1)N(C)C[C@@H]1C[C@H](c2ccc(CO)cc2)O[C@H](c2ccc(-c3cccc(CN)c3)cc2)O1. The van der Waals surface area contributed by atoms with Crippen LogP contribution in [0.25, 0.3) is 11.1 Å². The highest BCUT2D eigenvalue weighted by Crippen LogP contribution is 2.39. The van der Waals surface area contributed by atoms with Crippen LogP contribution in [0.2, 0.25) is 0 Å². The molecule has 0 amide bonds. The van der Waals surface area contributed by atoms with E-state index in [0.29, 0.717) is 6.54 Å². The lowest BCUT2D eigenvalue weighted by atomic mass is 9.98. The Balaban J connectivity index is 1.37. The van der Waals surface area contributed by atoms with E-state index in [1.807, 2.05) is 24.3 Å². The second-order valence-electron chi connectivity index (χ2n) is 10.4. The Hall–Kier alpha value is -3.32. The van der Waals surface area contributed by atoms with Crippen LogP contribution in [-0.2, 0) is 22.6 Å². The second kappa shape index (κ2) is 12.7. The average Bonchev–Trinajstić information content (AvgIpc) is 3.01. The van der Waals surface area contributed by atoms with Crippen LogP contribution in [0.1, 0.15) is 59.6 Å². The van der Waals surface area contributed by atoms with Crippen LogP contribution in [0, 0.1) is 0 Å². The fourth-order valence-corrected chi connectivity index (χ4v) is 5.21. The molecule has 1 fully saturated rings. The Morgan fingerprint density at radius 1 is 0.821 bits per heavy atom. The molecule has 0 radical (unpaired) electrons. The van der Waals surface area contributed by atoms with Gasteiger partial charge in [-0.25, -0.2) is 0 Å². The van der Waals surface area contributed by atoms with Gasteiger partial charge in [0.05, 0.1) is 18.8 Å². The lowest BCUT2D eigenvalue weighted by Crippen LogP contribution is -2.38.